The van der Waals surface area contributed by atoms with Crippen LogP contribution in [0, 0.1) is 13.8 Å². The van der Waals surface area contributed by atoms with Gasteiger partial charge in [-0.3, -0.25) is 9.59 Å². The lowest BCUT2D eigenvalue weighted by Gasteiger charge is -2.19. The first-order valence-corrected chi connectivity index (χ1v) is 8.84. The first-order chi connectivity index (χ1) is 11.4. The van der Waals surface area contributed by atoms with Crippen LogP contribution in [0.1, 0.15) is 19.5 Å². The Morgan fingerprint density at radius 3 is 1.42 bits per heavy atom. The average molecular weight is 348 g/mol. The largest absolute Gasteiger partial charge is 0.363 e. The Labute approximate surface area is 149 Å². The van der Waals surface area contributed by atoms with Crippen LogP contribution >= 0.6 is 22.7 Å². The van der Waals surface area contributed by atoms with Gasteiger partial charge in [-0.05, 0) is 38.1 Å². The first kappa shape index (κ1) is 15.5. The van der Waals surface area contributed by atoms with Gasteiger partial charge < -0.3 is 9.62 Å². The summed E-state index contributed by atoms with van der Waals surface area (Å²) < 4.78 is 0. The third-order valence-electron chi connectivity index (χ3n) is 4.02. The Morgan fingerprint density at radius 1 is 0.750 bits per heavy atom. The zero-order valence-corrected chi connectivity index (χ0v) is 14.6. The topological polar surface area (TPSA) is 40.6 Å². The zero-order valence-electron chi connectivity index (χ0n) is 13.0. The van der Waals surface area contributed by atoms with Gasteiger partial charge >= 0.3 is 0 Å². The van der Waals surface area contributed by atoms with Crippen molar-refractivity contribution in [3.63, 3.8) is 0 Å². The maximum absolute atomic E-state index is 12.7. The number of amides is 2. The third-order valence-corrected chi connectivity index (χ3v) is 6.03. The molecule has 0 bridgehead atoms. The first-order valence-electron chi connectivity index (χ1n) is 7.21. The number of aryl methyl sites for hydroxylation is 2. The van der Waals surface area contributed by atoms with Gasteiger partial charge in [-0.1, -0.05) is 0 Å². The van der Waals surface area contributed by atoms with Gasteiger partial charge in [0.25, 0.3) is 0 Å². The summed E-state index contributed by atoms with van der Waals surface area (Å²) in [4.78, 5) is 31.3. The van der Waals surface area contributed by atoms with E-state index in [1.54, 1.807) is 0 Å². The van der Waals surface area contributed by atoms with E-state index in [-0.39, 0.29) is 11.1 Å². The monoisotopic (exact) mass is 348 g/mol. The van der Waals surface area contributed by atoms with E-state index in [0.717, 1.165) is 29.1 Å². The van der Waals surface area contributed by atoms with Crippen molar-refractivity contribution < 1.29 is 9.59 Å². The quantitative estimate of drug-likeness (QED) is 0.783. The molecule has 4 nitrogen and oxygen atoms in total. The van der Waals surface area contributed by atoms with Crippen molar-refractivity contribution in [1.29, 1.82) is 0 Å². The summed E-state index contributed by atoms with van der Waals surface area (Å²) in [6.45, 7) is 3.92. The lowest BCUT2D eigenvalue weighted by molar-refractivity contribution is -0.121. The molecule has 2 aromatic heterocycles. The SMILES string of the molecule is [B]N1C(=O)C2=C(c3ccc(C)s3)N([B])C(=O)C2=C1c1ccc(C)s1. The molecule has 0 saturated carbocycles. The van der Waals surface area contributed by atoms with Crippen LogP contribution in [-0.4, -0.2) is 37.4 Å². The standard InChI is InChI=1S/C16H10B2N2O2S2/c1-7-3-5-9(23-7)13-11-12(16(22)19(13)17)14(20(18)15(11)21)10-6-4-8(2)24-10/h3-6H,1-2H3. The Balaban J connectivity index is 2.00. The molecule has 0 atom stereocenters. The van der Waals surface area contributed by atoms with E-state index in [4.69, 9.17) is 16.0 Å². The lowest BCUT2D eigenvalue weighted by atomic mass is 10.1. The van der Waals surface area contributed by atoms with Crippen LogP contribution in [0.15, 0.2) is 35.4 Å². The van der Waals surface area contributed by atoms with E-state index >= 15 is 0 Å². The zero-order chi connectivity index (χ0) is 17.2. The summed E-state index contributed by atoms with van der Waals surface area (Å²) in [5, 5.41) is 0. The van der Waals surface area contributed by atoms with Gasteiger partial charge in [0.1, 0.15) is 0 Å². The Bertz CT molecular complexity index is 892. The normalized spacial score (nSPS) is 17.6. The second-order valence-corrected chi connectivity index (χ2v) is 8.19. The fourth-order valence-electron chi connectivity index (χ4n) is 2.95. The van der Waals surface area contributed by atoms with Crippen molar-refractivity contribution in [3.8, 4) is 0 Å². The van der Waals surface area contributed by atoms with Crippen molar-refractivity contribution in [2.24, 2.45) is 0 Å². The predicted molar refractivity (Wildman–Crippen MR) is 97.2 cm³/mol. The van der Waals surface area contributed by atoms with Crippen LogP contribution in [-0.2, 0) is 9.59 Å². The molecule has 0 spiro atoms. The molecule has 4 rings (SSSR count). The summed E-state index contributed by atoms with van der Waals surface area (Å²) in [6, 6.07) is 7.58. The highest BCUT2D eigenvalue weighted by atomic mass is 32.1. The van der Waals surface area contributed by atoms with Crippen molar-refractivity contribution in [1.82, 2.24) is 9.62 Å². The van der Waals surface area contributed by atoms with Gasteiger partial charge in [-0.25, -0.2) is 0 Å². The highest BCUT2D eigenvalue weighted by Gasteiger charge is 2.46. The van der Waals surface area contributed by atoms with Crippen molar-refractivity contribution in [2.75, 3.05) is 0 Å². The summed E-state index contributed by atoms with van der Waals surface area (Å²) >= 11 is 2.96. The Kier molecular flexibility index (Phi) is 3.37. The number of carbonyl (C=O) groups excluding carboxylic acids is 2. The average Bonchev–Trinajstić information content (AvgIpc) is 3.25. The second kappa shape index (κ2) is 5.22. The molecule has 4 heterocycles. The fourth-order valence-corrected chi connectivity index (χ4v) is 4.78. The number of thiophene rings is 2. The van der Waals surface area contributed by atoms with E-state index in [2.05, 4.69) is 0 Å². The van der Waals surface area contributed by atoms with E-state index < -0.39 is 11.8 Å². The highest BCUT2D eigenvalue weighted by Crippen LogP contribution is 2.46. The number of hydrogen-bond acceptors (Lipinski definition) is 4. The second-order valence-electron chi connectivity index (χ2n) is 5.62. The van der Waals surface area contributed by atoms with Gasteiger partial charge in [-0.15, -0.1) is 22.7 Å². The summed E-state index contributed by atoms with van der Waals surface area (Å²) in [5.41, 5.74) is 1.43. The molecule has 2 aliphatic heterocycles. The summed E-state index contributed by atoms with van der Waals surface area (Å²) in [6.07, 6.45) is 0. The highest BCUT2D eigenvalue weighted by molar-refractivity contribution is 7.13. The van der Waals surface area contributed by atoms with Gasteiger partial charge in [-0.2, -0.15) is 0 Å². The van der Waals surface area contributed by atoms with E-state index in [9.17, 15) is 9.59 Å². The molecule has 0 unspecified atom stereocenters. The molecule has 114 valence electrons. The van der Waals surface area contributed by atoms with Crippen LogP contribution < -0.4 is 0 Å². The minimum Gasteiger partial charge on any atom is -0.363 e. The maximum atomic E-state index is 12.7. The molecule has 0 fully saturated rings. The van der Waals surface area contributed by atoms with Crippen molar-refractivity contribution in [3.05, 3.63) is 54.9 Å². The van der Waals surface area contributed by atoms with Crippen LogP contribution in [0.2, 0.25) is 0 Å². The molecule has 2 amide bonds. The smallest absolute Gasteiger partial charge is 0.248 e. The van der Waals surface area contributed by atoms with Crippen molar-refractivity contribution in [2.45, 2.75) is 13.8 Å². The van der Waals surface area contributed by atoms with E-state index in [1.165, 1.54) is 22.7 Å². The van der Waals surface area contributed by atoms with Gasteiger partial charge in [0, 0.05) is 9.75 Å². The Hall–Kier alpha value is -2.05. The van der Waals surface area contributed by atoms with E-state index in [1.807, 2.05) is 38.1 Å². The van der Waals surface area contributed by atoms with Crippen molar-refractivity contribution >= 4 is 61.8 Å². The van der Waals surface area contributed by atoms with Gasteiger partial charge in [0.2, 0.25) is 27.8 Å². The molecular formula is C16H10B2N2O2S2. The molecule has 2 aliphatic rings. The number of hydrogen-bond donors (Lipinski definition) is 0. The number of nitrogens with zero attached hydrogens (tertiary/aromatic N) is 2. The Morgan fingerprint density at radius 2 is 1.12 bits per heavy atom. The molecule has 0 aromatic carbocycles. The number of carbonyl (C=O) groups is 2. The van der Waals surface area contributed by atoms with Gasteiger partial charge in [0.15, 0.2) is 0 Å². The molecule has 0 saturated heterocycles. The minimum atomic E-state index is -0.409. The molecule has 2 aromatic rings. The fraction of sp³-hybridized carbons (Fsp3) is 0.125. The molecular weight excluding hydrogens is 338 g/mol. The van der Waals surface area contributed by atoms with Crippen LogP contribution in [0.25, 0.3) is 11.4 Å². The molecule has 24 heavy (non-hydrogen) atoms. The molecule has 0 N–H and O–H groups in total. The van der Waals surface area contributed by atoms with Crippen LogP contribution in [0.5, 0.6) is 0 Å². The summed E-state index contributed by atoms with van der Waals surface area (Å²) in [5.74, 6) is -0.818. The third kappa shape index (κ3) is 1.99. The number of fused-ring (bicyclic) bond motifs is 1. The minimum absolute atomic E-state index is 0.285. The molecule has 4 radical (unpaired) electrons. The van der Waals surface area contributed by atoms with Crippen LogP contribution in [0.3, 0.4) is 0 Å². The maximum Gasteiger partial charge on any atom is 0.248 e. The lowest BCUT2D eigenvalue weighted by Crippen LogP contribution is -2.26. The number of rotatable bonds is 2. The van der Waals surface area contributed by atoms with Crippen LogP contribution in [0.4, 0.5) is 0 Å². The summed E-state index contributed by atoms with van der Waals surface area (Å²) in [7, 11) is 12.0. The molecule has 8 heteroatoms. The molecule has 0 aliphatic carbocycles. The van der Waals surface area contributed by atoms with Gasteiger partial charge in [0.05, 0.1) is 32.3 Å². The van der Waals surface area contributed by atoms with E-state index in [0.29, 0.717) is 11.4 Å². The predicted octanol–water partition coefficient (Wildman–Crippen LogP) is 2.40.